The van der Waals surface area contributed by atoms with Crippen molar-refractivity contribution in [3.63, 3.8) is 0 Å². The molecule has 0 aliphatic carbocycles. The summed E-state index contributed by atoms with van der Waals surface area (Å²) in [5, 5.41) is 3.26. The van der Waals surface area contributed by atoms with Gasteiger partial charge in [0, 0.05) is 18.4 Å². The smallest absolute Gasteiger partial charge is 0.126 e. The van der Waals surface area contributed by atoms with Gasteiger partial charge < -0.3 is 5.32 Å². The highest BCUT2D eigenvalue weighted by Gasteiger charge is 2.14. The van der Waals surface area contributed by atoms with Crippen LogP contribution in [0, 0.1) is 11.6 Å². The molecule has 1 unspecified atom stereocenters. The van der Waals surface area contributed by atoms with Crippen LogP contribution in [0.5, 0.6) is 0 Å². The van der Waals surface area contributed by atoms with E-state index >= 15 is 0 Å². The molecule has 1 aromatic heterocycles. The number of nitrogens with zero attached hydrogens (tertiary/aromatic N) is 1. The number of nitrogens with one attached hydrogen (secondary N) is 1. The zero-order valence-corrected chi connectivity index (χ0v) is 10.7. The molecular weight excluding hydrogens is 246 g/mol. The van der Waals surface area contributed by atoms with Crippen LogP contribution in [0.4, 0.5) is 8.78 Å². The minimum absolute atomic E-state index is 0.0741. The highest BCUT2D eigenvalue weighted by molar-refractivity contribution is 5.23. The first-order valence-corrected chi connectivity index (χ1v) is 6.28. The fourth-order valence-electron chi connectivity index (χ4n) is 2.06. The summed E-state index contributed by atoms with van der Waals surface area (Å²) < 4.78 is 26.9. The van der Waals surface area contributed by atoms with Gasteiger partial charge in [0.05, 0.1) is 0 Å². The lowest BCUT2D eigenvalue weighted by molar-refractivity contribution is 0.521. The van der Waals surface area contributed by atoms with E-state index in [-0.39, 0.29) is 11.9 Å². The predicted octanol–water partition coefficient (Wildman–Crippen LogP) is 3.25. The average molecular weight is 262 g/mol. The summed E-state index contributed by atoms with van der Waals surface area (Å²) in [6.45, 7) is 2.72. The van der Waals surface area contributed by atoms with Crippen molar-refractivity contribution in [2.45, 2.75) is 19.4 Å². The number of pyridine rings is 1. The second-order valence-electron chi connectivity index (χ2n) is 4.34. The number of benzene rings is 1. The Morgan fingerprint density at radius 1 is 1.26 bits per heavy atom. The third-order valence-electron chi connectivity index (χ3n) is 2.97. The van der Waals surface area contributed by atoms with Crippen LogP contribution in [-0.4, -0.2) is 11.5 Å². The summed E-state index contributed by atoms with van der Waals surface area (Å²) in [6.07, 6.45) is 3.82. The minimum atomic E-state index is -0.419. The highest BCUT2D eigenvalue weighted by atomic mass is 19.1. The van der Waals surface area contributed by atoms with E-state index in [0.29, 0.717) is 12.0 Å². The molecule has 1 N–H and O–H groups in total. The lowest BCUT2D eigenvalue weighted by Crippen LogP contribution is -2.23. The molecule has 1 atom stereocenters. The van der Waals surface area contributed by atoms with Crippen molar-refractivity contribution in [3.05, 3.63) is 65.5 Å². The first-order valence-electron chi connectivity index (χ1n) is 6.28. The van der Waals surface area contributed by atoms with Crippen molar-refractivity contribution in [1.82, 2.24) is 10.3 Å². The van der Waals surface area contributed by atoms with Crippen LogP contribution in [0.2, 0.25) is 0 Å². The van der Waals surface area contributed by atoms with Gasteiger partial charge in [0.1, 0.15) is 11.6 Å². The van der Waals surface area contributed by atoms with Gasteiger partial charge in [-0.15, -0.1) is 0 Å². The second-order valence-corrected chi connectivity index (χ2v) is 4.34. The first kappa shape index (κ1) is 13.6. The molecule has 2 nitrogen and oxygen atoms in total. The number of hydrogen-bond acceptors (Lipinski definition) is 2. The molecule has 100 valence electrons. The Morgan fingerprint density at radius 2 is 2.11 bits per heavy atom. The van der Waals surface area contributed by atoms with Gasteiger partial charge in [-0.2, -0.15) is 0 Å². The van der Waals surface area contributed by atoms with E-state index in [9.17, 15) is 8.78 Å². The van der Waals surface area contributed by atoms with Gasteiger partial charge in [-0.1, -0.05) is 13.0 Å². The van der Waals surface area contributed by atoms with E-state index in [0.717, 1.165) is 24.2 Å². The lowest BCUT2D eigenvalue weighted by Gasteiger charge is -2.18. The van der Waals surface area contributed by atoms with Gasteiger partial charge in [0.25, 0.3) is 0 Å². The van der Waals surface area contributed by atoms with Crippen LogP contribution in [0.15, 0.2) is 42.7 Å². The highest BCUT2D eigenvalue weighted by Crippen LogP contribution is 2.20. The van der Waals surface area contributed by atoms with Crippen molar-refractivity contribution in [2.24, 2.45) is 0 Å². The van der Waals surface area contributed by atoms with E-state index in [4.69, 9.17) is 0 Å². The maximum Gasteiger partial charge on any atom is 0.126 e. The Kier molecular flexibility index (Phi) is 4.58. The van der Waals surface area contributed by atoms with Crippen LogP contribution in [0.1, 0.15) is 24.1 Å². The Labute approximate surface area is 111 Å². The van der Waals surface area contributed by atoms with E-state index in [2.05, 4.69) is 10.3 Å². The summed E-state index contributed by atoms with van der Waals surface area (Å²) in [5.41, 5.74) is 1.34. The molecule has 0 aliphatic rings. The average Bonchev–Trinajstić information content (AvgIpc) is 2.43. The van der Waals surface area contributed by atoms with Gasteiger partial charge in [-0.3, -0.25) is 4.98 Å². The molecule has 1 aromatic carbocycles. The van der Waals surface area contributed by atoms with Crippen LogP contribution in [0.25, 0.3) is 0 Å². The molecule has 2 rings (SSSR count). The van der Waals surface area contributed by atoms with Crippen molar-refractivity contribution in [1.29, 1.82) is 0 Å². The monoisotopic (exact) mass is 262 g/mol. The molecule has 19 heavy (non-hydrogen) atoms. The molecule has 0 amide bonds. The topological polar surface area (TPSA) is 24.9 Å². The van der Waals surface area contributed by atoms with Gasteiger partial charge in [-0.05, 0) is 48.4 Å². The summed E-state index contributed by atoms with van der Waals surface area (Å²) in [4.78, 5) is 4.06. The van der Waals surface area contributed by atoms with Crippen molar-refractivity contribution < 1.29 is 8.78 Å². The standard InChI is InChI=1S/C15H16F2N2/c1-2-19-15(11-4-3-7-18-10-11)9-12-8-13(16)5-6-14(12)17/h3-8,10,15,19H,2,9H2,1H3. The van der Waals surface area contributed by atoms with Gasteiger partial charge >= 0.3 is 0 Å². The molecule has 0 fully saturated rings. The Bertz CT molecular complexity index is 529. The van der Waals surface area contributed by atoms with Crippen molar-refractivity contribution in [3.8, 4) is 0 Å². The number of rotatable bonds is 5. The van der Waals surface area contributed by atoms with Gasteiger partial charge in [0.15, 0.2) is 0 Å². The summed E-state index contributed by atoms with van der Waals surface area (Å²) in [6, 6.07) is 7.23. The molecule has 2 aromatic rings. The normalized spacial score (nSPS) is 12.4. The van der Waals surface area contributed by atoms with E-state index in [1.54, 1.807) is 12.4 Å². The van der Waals surface area contributed by atoms with E-state index < -0.39 is 5.82 Å². The molecule has 0 bridgehead atoms. The molecule has 1 heterocycles. The third-order valence-corrected chi connectivity index (χ3v) is 2.97. The first-order chi connectivity index (χ1) is 9.20. The largest absolute Gasteiger partial charge is 0.310 e. The van der Waals surface area contributed by atoms with Gasteiger partial charge in [0.2, 0.25) is 0 Å². The summed E-state index contributed by atoms with van der Waals surface area (Å²) in [7, 11) is 0. The van der Waals surface area contributed by atoms with E-state index in [1.165, 1.54) is 6.07 Å². The van der Waals surface area contributed by atoms with Crippen LogP contribution in [0.3, 0.4) is 0 Å². The van der Waals surface area contributed by atoms with Crippen LogP contribution in [-0.2, 0) is 6.42 Å². The summed E-state index contributed by atoms with van der Waals surface area (Å²) in [5.74, 6) is -0.800. The van der Waals surface area contributed by atoms with Gasteiger partial charge in [-0.25, -0.2) is 8.78 Å². The Balaban J connectivity index is 2.24. The molecule has 0 saturated carbocycles. The maximum absolute atomic E-state index is 13.7. The zero-order chi connectivity index (χ0) is 13.7. The fraction of sp³-hybridized carbons (Fsp3) is 0.267. The molecular formula is C15H16F2N2. The third kappa shape index (κ3) is 3.58. The molecule has 0 saturated heterocycles. The molecule has 0 radical (unpaired) electrons. The lowest BCUT2D eigenvalue weighted by atomic mass is 9.99. The Hall–Kier alpha value is -1.81. The molecule has 4 heteroatoms. The number of halogens is 2. The number of aromatic nitrogens is 1. The van der Waals surface area contributed by atoms with Crippen LogP contribution >= 0.6 is 0 Å². The fourth-order valence-corrected chi connectivity index (χ4v) is 2.06. The SMILES string of the molecule is CCNC(Cc1cc(F)ccc1F)c1cccnc1. The summed E-state index contributed by atoms with van der Waals surface area (Å²) >= 11 is 0. The second kappa shape index (κ2) is 6.38. The van der Waals surface area contributed by atoms with Crippen LogP contribution < -0.4 is 5.32 Å². The predicted molar refractivity (Wildman–Crippen MR) is 70.7 cm³/mol. The van der Waals surface area contributed by atoms with Crippen molar-refractivity contribution in [2.75, 3.05) is 6.54 Å². The molecule has 0 aliphatic heterocycles. The number of likely N-dealkylation sites (N-methyl/N-ethyl adjacent to an activating group) is 1. The number of hydrogen-bond donors (Lipinski definition) is 1. The molecule has 0 spiro atoms. The Morgan fingerprint density at radius 3 is 2.79 bits per heavy atom. The quantitative estimate of drug-likeness (QED) is 0.894. The zero-order valence-electron chi connectivity index (χ0n) is 10.7. The van der Waals surface area contributed by atoms with Crippen molar-refractivity contribution >= 4 is 0 Å². The maximum atomic E-state index is 13.7. The minimum Gasteiger partial charge on any atom is -0.310 e. The van der Waals surface area contributed by atoms with E-state index in [1.807, 2.05) is 19.1 Å².